The molecule has 4 atom stereocenters. The zero-order valence-electron chi connectivity index (χ0n) is 39.5. The lowest BCUT2D eigenvalue weighted by Gasteiger charge is -2.42. The van der Waals surface area contributed by atoms with Gasteiger partial charge >= 0.3 is 0 Å². The lowest BCUT2D eigenvalue weighted by molar-refractivity contribution is -0.00689. The monoisotopic (exact) mass is 889 g/mol. The number of rotatable bonds is 11. The summed E-state index contributed by atoms with van der Waals surface area (Å²) in [5.41, 5.74) is 5.60. The topological polar surface area (TPSA) is 62.7 Å². The van der Waals surface area contributed by atoms with E-state index < -0.39 is 11.2 Å². The molecule has 2 saturated heterocycles. The van der Waals surface area contributed by atoms with Gasteiger partial charge in [-0.05, 0) is 123 Å². The van der Waals surface area contributed by atoms with E-state index in [2.05, 4.69) is 83.1 Å². The van der Waals surface area contributed by atoms with Crippen LogP contribution in [0.5, 0.6) is 5.75 Å². The Kier molecular flexibility index (Phi) is 17.2. The Labute approximate surface area is 388 Å². The van der Waals surface area contributed by atoms with Crippen LogP contribution in [0.15, 0.2) is 108 Å². The van der Waals surface area contributed by atoms with Crippen LogP contribution in [0.1, 0.15) is 79.2 Å². The minimum atomic E-state index is -0.983. The first-order valence-corrected chi connectivity index (χ1v) is 24.3. The highest BCUT2D eigenvalue weighted by Gasteiger charge is 2.44. The Balaban J connectivity index is 0.000000194. The fraction of sp³-hybridized carbons (Fsp3) is 0.500. The Morgan fingerprint density at radius 2 is 1.03 bits per heavy atom. The average molecular weight is 889 g/mol. The van der Waals surface area contributed by atoms with Gasteiger partial charge in [0.2, 0.25) is 0 Å². The molecule has 8 rings (SSSR count). The van der Waals surface area contributed by atoms with Gasteiger partial charge in [0.25, 0.3) is 0 Å². The van der Waals surface area contributed by atoms with Crippen LogP contribution in [-0.4, -0.2) is 128 Å². The quantitative estimate of drug-likeness (QED) is 0.146. The number of piperazine rings is 2. The molecular formula is C56H74F2N4O3. The number of hydrogen-bond acceptors (Lipinski definition) is 7. The minimum Gasteiger partial charge on any atom is -0.496 e. The van der Waals surface area contributed by atoms with E-state index in [4.69, 9.17) is 4.74 Å². The maximum absolute atomic E-state index is 13.5. The van der Waals surface area contributed by atoms with Crippen LogP contribution in [-0.2, 0) is 12.8 Å². The maximum atomic E-state index is 13.5. The Hall–Kier alpha value is -4.22. The summed E-state index contributed by atoms with van der Waals surface area (Å²) < 4.78 is 32.6. The van der Waals surface area contributed by atoms with E-state index >= 15 is 0 Å². The first-order chi connectivity index (χ1) is 31.4. The molecule has 0 bridgehead atoms. The van der Waals surface area contributed by atoms with Gasteiger partial charge in [0.15, 0.2) is 0 Å². The molecule has 2 aliphatic heterocycles. The Bertz CT molecular complexity index is 2150. The predicted molar refractivity (Wildman–Crippen MR) is 262 cm³/mol. The third-order valence-corrected chi connectivity index (χ3v) is 14.8. The lowest BCUT2D eigenvalue weighted by atomic mass is 9.74. The summed E-state index contributed by atoms with van der Waals surface area (Å²) in [6.07, 6.45) is 13.5. The number of likely N-dealkylation sites (N-methyl/N-ethyl adjacent to an activating group) is 2. The van der Waals surface area contributed by atoms with E-state index in [1.807, 2.05) is 30.3 Å². The highest BCUT2D eigenvalue weighted by atomic mass is 19.1. The zero-order chi connectivity index (χ0) is 45.8. The van der Waals surface area contributed by atoms with Gasteiger partial charge < -0.3 is 34.5 Å². The van der Waals surface area contributed by atoms with E-state index in [0.29, 0.717) is 12.8 Å². The largest absolute Gasteiger partial charge is 0.496 e. The molecule has 2 N–H and O–H groups in total. The Morgan fingerprint density at radius 3 is 1.49 bits per heavy atom. The molecule has 0 radical (unpaired) electrons. The molecule has 7 nitrogen and oxygen atoms in total. The second kappa shape index (κ2) is 23.0. The van der Waals surface area contributed by atoms with Gasteiger partial charge in [-0.15, -0.1) is 0 Å². The molecule has 2 aliphatic carbocycles. The van der Waals surface area contributed by atoms with Crippen LogP contribution in [0, 0.1) is 30.4 Å². The predicted octanol–water partition coefficient (Wildman–Crippen LogP) is 9.56. The molecule has 65 heavy (non-hydrogen) atoms. The Morgan fingerprint density at radius 1 is 0.585 bits per heavy atom. The molecule has 350 valence electrons. The van der Waals surface area contributed by atoms with Crippen LogP contribution < -0.4 is 4.74 Å². The van der Waals surface area contributed by atoms with E-state index in [1.165, 1.54) is 35.4 Å². The number of ether oxygens (including phenoxy) is 1. The highest BCUT2D eigenvalue weighted by molar-refractivity contribution is 5.57. The fourth-order valence-electron chi connectivity index (χ4n) is 10.6. The molecule has 4 aromatic carbocycles. The van der Waals surface area contributed by atoms with Crippen molar-refractivity contribution in [1.29, 1.82) is 0 Å². The van der Waals surface area contributed by atoms with Gasteiger partial charge in [0.05, 0.1) is 18.3 Å². The minimum absolute atomic E-state index is 0.125. The number of para-hydroxylation sites is 1. The molecular weight excluding hydrogens is 815 g/mol. The molecule has 2 heterocycles. The highest BCUT2D eigenvalue weighted by Crippen LogP contribution is 2.43. The number of methoxy groups -OCH3 is 1. The number of hydrogen-bond donors (Lipinski definition) is 2. The van der Waals surface area contributed by atoms with Crippen molar-refractivity contribution >= 4 is 12.2 Å². The van der Waals surface area contributed by atoms with Crippen molar-refractivity contribution in [2.45, 2.75) is 82.3 Å². The molecule has 4 fully saturated rings. The van der Waals surface area contributed by atoms with Crippen molar-refractivity contribution in [3.63, 3.8) is 0 Å². The molecule has 0 amide bonds. The molecule has 4 aromatic rings. The van der Waals surface area contributed by atoms with Crippen molar-refractivity contribution in [2.24, 2.45) is 11.8 Å². The van der Waals surface area contributed by atoms with E-state index in [1.54, 1.807) is 19.2 Å². The normalized spacial score (nSPS) is 26.6. The molecule has 0 spiro atoms. The van der Waals surface area contributed by atoms with Crippen LogP contribution in [0.2, 0.25) is 0 Å². The standard InChI is InChI=1S/C28H37FN2O2.C28H37FN2O/c1-30-15-17-31(18-16-30)21-25-9-5-4-8-24(19-22-11-13-26(29)14-12-22)28(25,32)20-23-7-3-6-10-27(23)33-2;1-22-7-9-24(10-8-22)20-28(32)25(19-23-11-13-27(29)14-12-23)5-3-4-6-26(28)21-31-17-15-30(2)16-18-31/h3,6-7,10-14,19,25,32H,4-5,8-9,15-18,20-21H2,1-2H3;7-14,19,26,32H,3-6,15-18,20-21H2,1-2H3. The van der Waals surface area contributed by atoms with Gasteiger partial charge in [-0.2, -0.15) is 0 Å². The number of halogens is 2. The number of aryl methyl sites for hydroxylation is 1. The lowest BCUT2D eigenvalue weighted by Crippen LogP contribution is -2.51. The average Bonchev–Trinajstić information content (AvgIpc) is 3.54. The van der Waals surface area contributed by atoms with E-state index in [0.717, 1.165) is 150 Å². The van der Waals surface area contributed by atoms with Crippen molar-refractivity contribution in [2.75, 3.05) is 86.7 Å². The van der Waals surface area contributed by atoms with Gasteiger partial charge in [0.1, 0.15) is 17.4 Å². The van der Waals surface area contributed by atoms with Gasteiger partial charge in [-0.25, -0.2) is 8.78 Å². The molecule has 2 saturated carbocycles. The molecule has 0 aromatic heterocycles. The first kappa shape index (κ1) is 48.7. The van der Waals surface area contributed by atoms with Gasteiger partial charge in [-0.3, -0.25) is 0 Å². The maximum Gasteiger partial charge on any atom is 0.123 e. The van der Waals surface area contributed by atoms with Gasteiger partial charge in [0, 0.05) is 90.1 Å². The smallest absolute Gasteiger partial charge is 0.123 e. The summed E-state index contributed by atoms with van der Waals surface area (Å²) in [4.78, 5) is 9.79. The number of nitrogens with zero attached hydrogens (tertiary/aromatic N) is 4. The van der Waals surface area contributed by atoms with Crippen molar-refractivity contribution in [1.82, 2.24) is 19.6 Å². The van der Waals surface area contributed by atoms with E-state index in [-0.39, 0.29) is 23.5 Å². The second-order valence-electron chi connectivity index (χ2n) is 19.5. The summed E-state index contributed by atoms with van der Waals surface area (Å²) in [6.45, 7) is 12.4. The molecule has 4 aliphatic rings. The third kappa shape index (κ3) is 13.2. The molecule has 4 unspecified atom stereocenters. The summed E-state index contributed by atoms with van der Waals surface area (Å²) >= 11 is 0. The van der Waals surface area contributed by atoms with Crippen molar-refractivity contribution in [3.05, 3.63) is 148 Å². The van der Waals surface area contributed by atoms with Crippen LogP contribution in [0.25, 0.3) is 12.2 Å². The van der Waals surface area contributed by atoms with Crippen molar-refractivity contribution < 1.29 is 23.7 Å². The van der Waals surface area contributed by atoms with Crippen molar-refractivity contribution in [3.8, 4) is 5.75 Å². The third-order valence-electron chi connectivity index (χ3n) is 14.8. The first-order valence-electron chi connectivity index (χ1n) is 24.3. The van der Waals surface area contributed by atoms with Gasteiger partial charge in [-0.1, -0.05) is 97.3 Å². The van der Waals surface area contributed by atoms with E-state index in [9.17, 15) is 19.0 Å². The van der Waals surface area contributed by atoms with Crippen LogP contribution in [0.4, 0.5) is 8.78 Å². The second-order valence-corrected chi connectivity index (χ2v) is 19.5. The number of benzene rings is 4. The number of aliphatic hydroxyl groups is 2. The summed E-state index contributed by atoms with van der Waals surface area (Å²) in [6, 6.07) is 29.8. The van der Waals surface area contributed by atoms with Crippen LogP contribution >= 0.6 is 0 Å². The fourth-order valence-corrected chi connectivity index (χ4v) is 10.6. The zero-order valence-corrected chi connectivity index (χ0v) is 39.5. The summed E-state index contributed by atoms with van der Waals surface area (Å²) in [7, 11) is 6.04. The summed E-state index contributed by atoms with van der Waals surface area (Å²) in [5, 5.41) is 24.9. The van der Waals surface area contributed by atoms with Crippen LogP contribution in [0.3, 0.4) is 0 Å². The molecule has 9 heteroatoms. The SMILES string of the molecule is COc1ccccc1CC1(O)C(=Cc2ccc(F)cc2)CCCCC1CN1CCN(C)CC1.Cc1ccc(CC2(O)C(=Cc3ccc(F)cc3)CCCCC2CN2CCN(C)CC2)cc1. The summed E-state index contributed by atoms with van der Waals surface area (Å²) in [5.74, 6) is 0.655.